The highest BCUT2D eigenvalue weighted by Gasteiger charge is 2.33. The summed E-state index contributed by atoms with van der Waals surface area (Å²) in [5.41, 5.74) is -0.364. The van der Waals surface area contributed by atoms with E-state index in [1.54, 1.807) is 0 Å². The molecule has 1 aliphatic rings. The summed E-state index contributed by atoms with van der Waals surface area (Å²) in [5, 5.41) is 59.1. The number of phenolic OH excluding ortho intramolecular Hbond substituents is 4. The third-order valence-electron chi connectivity index (χ3n) is 5.52. The zero-order valence-corrected chi connectivity index (χ0v) is 17.3. The molecule has 10 heteroatoms. The number of hydrogen-bond acceptors (Lipinski definition) is 10. The van der Waals surface area contributed by atoms with Crippen molar-refractivity contribution in [3.05, 3.63) is 64.3 Å². The standard InChI is InChI=1S/C24H18O10/c25-9-19-23(10-1-3-13(27)14(28)5-10)33-17-6-11(2-4-16(17)32-19)24-22(31)21(30)20-15(29)7-12(26)8-18(20)34-24/h1-8,19,23,25-29,31H,9H2. The molecule has 34 heavy (non-hydrogen) atoms. The van der Waals surface area contributed by atoms with Gasteiger partial charge in [-0.2, -0.15) is 0 Å². The van der Waals surface area contributed by atoms with Crippen molar-refractivity contribution in [3.63, 3.8) is 0 Å². The summed E-state index contributed by atoms with van der Waals surface area (Å²) in [7, 11) is 0. The molecule has 1 aliphatic heterocycles. The lowest BCUT2D eigenvalue weighted by Gasteiger charge is -2.33. The maximum Gasteiger partial charge on any atom is 0.238 e. The van der Waals surface area contributed by atoms with E-state index in [4.69, 9.17) is 13.9 Å². The Hall–Kier alpha value is -4.57. The summed E-state index contributed by atoms with van der Waals surface area (Å²) in [6, 6.07) is 10.6. The molecule has 6 N–H and O–H groups in total. The lowest BCUT2D eigenvalue weighted by Crippen LogP contribution is -2.36. The summed E-state index contributed by atoms with van der Waals surface area (Å²) in [5.74, 6) is -2.06. The van der Waals surface area contributed by atoms with Crippen molar-refractivity contribution in [2.45, 2.75) is 12.2 Å². The molecule has 0 aliphatic carbocycles. The molecule has 0 spiro atoms. The van der Waals surface area contributed by atoms with Gasteiger partial charge in [0.1, 0.15) is 22.5 Å². The average molecular weight is 466 g/mol. The SMILES string of the molecule is O=c1c(O)c(-c2ccc3c(c2)OC(c2ccc(O)c(O)c2)C(CO)O3)oc2cc(O)cc(O)c12. The number of aromatic hydroxyl groups is 5. The molecule has 5 rings (SSSR count). The van der Waals surface area contributed by atoms with Gasteiger partial charge in [0.05, 0.1) is 6.61 Å². The van der Waals surface area contributed by atoms with E-state index in [9.17, 15) is 35.4 Å². The van der Waals surface area contributed by atoms with Crippen molar-refractivity contribution in [3.8, 4) is 51.6 Å². The first-order valence-corrected chi connectivity index (χ1v) is 10.1. The minimum Gasteiger partial charge on any atom is -0.508 e. The van der Waals surface area contributed by atoms with Gasteiger partial charge < -0.3 is 44.5 Å². The van der Waals surface area contributed by atoms with Crippen LogP contribution in [0.1, 0.15) is 11.7 Å². The molecule has 3 aromatic carbocycles. The van der Waals surface area contributed by atoms with Crippen LogP contribution in [0, 0.1) is 0 Å². The van der Waals surface area contributed by atoms with Crippen LogP contribution in [0.3, 0.4) is 0 Å². The van der Waals surface area contributed by atoms with Gasteiger partial charge in [-0.1, -0.05) is 6.07 Å². The summed E-state index contributed by atoms with van der Waals surface area (Å²) >= 11 is 0. The van der Waals surface area contributed by atoms with Gasteiger partial charge in [0.2, 0.25) is 11.2 Å². The summed E-state index contributed by atoms with van der Waals surface area (Å²) in [6.07, 6.45) is -1.68. The van der Waals surface area contributed by atoms with Crippen molar-refractivity contribution in [1.29, 1.82) is 0 Å². The molecule has 4 aromatic rings. The molecule has 0 bridgehead atoms. The van der Waals surface area contributed by atoms with Crippen molar-refractivity contribution >= 4 is 11.0 Å². The molecular formula is C24H18O10. The van der Waals surface area contributed by atoms with E-state index in [-0.39, 0.29) is 51.0 Å². The van der Waals surface area contributed by atoms with Crippen molar-refractivity contribution in [2.75, 3.05) is 6.61 Å². The number of fused-ring (bicyclic) bond motifs is 2. The average Bonchev–Trinajstić information content (AvgIpc) is 2.81. The minimum atomic E-state index is -0.888. The number of benzene rings is 3. The monoisotopic (exact) mass is 466 g/mol. The fourth-order valence-corrected chi connectivity index (χ4v) is 3.88. The van der Waals surface area contributed by atoms with Gasteiger partial charge in [-0.05, 0) is 30.3 Å². The lowest BCUT2D eigenvalue weighted by atomic mass is 10.0. The normalized spacial score (nSPS) is 17.1. The maximum absolute atomic E-state index is 12.6. The van der Waals surface area contributed by atoms with Gasteiger partial charge in [0.15, 0.2) is 41.0 Å². The summed E-state index contributed by atoms with van der Waals surface area (Å²) in [4.78, 5) is 12.6. The second kappa shape index (κ2) is 7.78. The molecule has 10 nitrogen and oxygen atoms in total. The van der Waals surface area contributed by atoms with Crippen molar-refractivity contribution < 1.29 is 44.5 Å². The summed E-state index contributed by atoms with van der Waals surface area (Å²) < 4.78 is 17.5. The highest BCUT2D eigenvalue weighted by atomic mass is 16.6. The minimum absolute atomic E-state index is 0.136. The Morgan fingerprint density at radius 3 is 2.32 bits per heavy atom. The first kappa shape index (κ1) is 21.3. The summed E-state index contributed by atoms with van der Waals surface area (Å²) in [6.45, 7) is -0.402. The Labute approximate surface area is 190 Å². The third kappa shape index (κ3) is 3.37. The highest BCUT2D eigenvalue weighted by molar-refractivity contribution is 5.88. The zero-order chi connectivity index (χ0) is 24.1. The highest BCUT2D eigenvalue weighted by Crippen LogP contribution is 2.44. The Bertz CT molecular complexity index is 1490. The Kier molecular flexibility index (Phi) is 4.87. The Morgan fingerprint density at radius 1 is 0.794 bits per heavy atom. The van der Waals surface area contributed by atoms with E-state index in [0.29, 0.717) is 5.56 Å². The predicted molar refractivity (Wildman–Crippen MR) is 118 cm³/mol. The fraction of sp³-hybridized carbons (Fsp3) is 0.125. The number of aliphatic hydroxyl groups is 1. The van der Waals surface area contributed by atoms with Gasteiger partial charge in [0.25, 0.3) is 0 Å². The van der Waals surface area contributed by atoms with E-state index in [2.05, 4.69) is 0 Å². The smallest absolute Gasteiger partial charge is 0.238 e. The fourth-order valence-electron chi connectivity index (χ4n) is 3.88. The quantitative estimate of drug-likeness (QED) is 0.247. The van der Waals surface area contributed by atoms with Crippen LogP contribution in [0.5, 0.6) is 40.2 Å². The molecule has 0 amide bonds. The van der Waals surface area contributed by atoms with Gasteiger partial charge >= 0.3 is 0 Å². The topological polar surface area (TPSA) is 170 Å². The first-order valence-electron chi connectivity index (χ1n) is 10.1. The van der Waals surface area contributed by atoms with E-state index >= 15 is 0 Å². The van der Waals surface area contributed by atoms with E-state index < -0.39 is 35.7 Å². The van der Waals surface area contributed by atoms with Crippen molar-refractivity contribution in [2.24, 2.45) is 0 Å². The number of aliphatic hydroxyl groups excluding tert-OH is 1. The maximum atomic E-state index is 12.6. The van der Waals surface area contributed by atoms with Crippen LogP contribution in [0.4, 0.5) is 0 Å². The van der Waals surface area contributed by atoms with E-state index in [0.717, 1.165) is 12.1 Å². The Balaban J connectivity index is 1.60. The van der Waals surface area contributed by atoms with Crippen LogP contribution < -0.4 is 14.9 Å². The first-order chi connectivity index (χ1) is 16.3. The largest absolute Gasteiger partial charge is 0.508 e. The van der Waals surface area contributed by atoms with Crippen LogP contribution in [0.2, 0.25) is 0 Å². The van der Waals surface area contributed by atoms with Crippen molar-refractivity contribution in [1.82, 2.24) is 0 Å². The molecule has 0 saturated carbocycles. The Morgan fingerprint density at radius 2 is 1.59 bits per heavy atom. The molecule has 2 atom stereocenters. The molecule has 2 heterocycles. The van der Waals surface area contributed by atoms with Gasteiger partial charge in [0, 0.05) is 23.3 Å². The number of ether oxygens (including phenoxy) is 2. The van der Waals surface area contributed by atoms with E-state index in [1.165, 1.54) is 36.4 Å². The molecule has 0 radical (unpaired) electrons. The van der Waals surface area contributed by atoms with Crippen LogP contribution in [0.25, 0.3) is 22.3 Å². The number of phenols is 4. The second-order valence-corrected chi connectivity index (χ2v) is 7.73. The molecule has 174 valence electrons. The van der Waals surface area contributed by atoms with Crippen LogP contribution in [0.15, 0.2) is 57.7 Å². The third-order valence-corrected chi connectivity index (χ3v) is 5.52. The molecule has 2 unspecified atom stereocenters. The van der Waals surface area contributed by atoms with Crippen LogP contribution >= 0.6 is 0 Å². The van der Waals surface area contributed by atoms with Crippen LogP contribution in [-0.2, 0) is 0 Å². The molecule has 0 fully saturated rings. The molecule has 0 saturated heterocycles. The van der Waals surface area contributed by atoms with E-state index in [1.807, 2.05) is 0 Å². The van der Waals surface area contributed by atoms with Gasteiger partial charge in [-0.25, -0.2) is 0 Å². The second-order valence-electron chi connectivity index (χ2n) is 7.73. The lowest BCUT2D eigenvalue weighted by molar-refractivity contribution is -0.0123. The van der Waals surface area contributed by atoms with Gasteiger partial charge in [-0.3, -0.25) is 4.79 Å². The number of hydrogen-bond donors (Lipinski definition) is 6. The van der Waals surface area contributed by atoms with Crippen LogP contribution in [-0.4, -0.2) is 43.4 Å². The number of rotatable bonds is 3. The zero-order valence-electron chi connectivity index (χ0n) is 17.3. The molecular weight excluding hydrogens is 448 g/mol. The van der Waals surface area contributed by atoms with Gasteiger partial charge in [-0.15, -0.1) is 0 Å². The molecule has 1 aromatic heterocycles. The predicted octanol–water partition coefficient (Wildman–Crippen LogP) is 2.86.